The number of hydrogen-bond donors (Lipinski definition) is 1. The molecular formula is C26H23FN4O5. The molecule has 9 nitrogen and oxygen atoms in total. The second-order valence-electron chi connectivity index (χ2n) is 9.13. The minimum Gasteiger partial charge on any atom is -0.490 e. The number of halogens is 1. The van der Waals surface area contributed by atoms with Crippen LogP contribution in [0.15, 0.2) is 36.4 Å². The Bertz CT molecular complexity index is 1410. The summed E-state index contributed by atoms with van der Waals surface area (Å²) in [6, 6.07) is 10.1. The molecule has 2 aromatic carbocycles. The molecule has 0 radical (unpaired) electrons. The van der Waals surface area contributed by atoms with Crippen LogP contribution in [0.3, 0.4) is 0 Å². The Balaban J connectivity index is 1.37. The Hall–Kier alpha value is -4.21. The summed E-state index contributed by atoms with van der Waals surface area (Å²) in [5, 5.41) is 13.9. The van der Waals surface area contributed by atoms with Crippen molar-refractivity contribution >= 4 is 29.2 Å². The first-order valence-electron chi connectivity index (χ1n) is 12.0. The predicted molar refractivity (Wildman–Crippen MR) is 128 cm³/mol. The van der Waals surface area contributed by atoms with Crippen LogP contribution in [-0.4, -0.2) is 52.4 Å². The van der Waals surface area contributed by atoms with Gasteiger partial charge >= 0.3 is 5.97 Å². The van der Waals surface area contributed by atoms with Crippen molar-refractivity contribution in [1.29, 1.82) is 0 Å². The lowest BCUT2D eigenvalue weighted by Gasteiger charge is -2.29. The molecule has 1 fully saturated rings. The summed E-state index contributed by atoms with van der Waals surface area (Å²) in [4.78, 5) is 41.2. The molecular weight excluding hydrogens is 467 g/mol. The van der Waals surface area contributed by atoms with Crippen LogP contribution in [-0.2, 0) is 17.6 Å². The van der Waals surface area contributed by atoms with Crippen molar-refractivity contribution in [2.24, 2.45) is 0 Å². The van der Waals surface area contributed by atoms with Gasteiger partial charge in [0.2, 0.25) is 5.91 Å². The van der Waals surface area contributed by atoms with Crippen LogP contribution in [0.1, 0.15) is 51.4 Å². The maximum absolute atomic E-state index is 14.7. The fourth-order valence-corrected chi connectivity index (χ4v) is 5.22. The number of aromatic carboxylic acids is 1. The monoisotopic (exact) mass is 490 g/mol. The van der Waals surface area contributed by atoms with Gasteiger partial charge in [-0.1, -0.05) is 0 Å². The quantitative estimate of drug-likeness (QED) is 0.601. The summed E-state index contributed by atoms with van der Waals surface area (Å²) in [6.07, 6.45) is 3.17. The van der Waals surface area contributed by atoms with Gasteiger partial charge in [0.1, 0.15) is 5.69 Å². The van der Waals surface area contributed by atoms with Crippen molar-refractivity contribution in [2.45, 2.75) is 32.1 Å². The van der Waals surface area contributed by atoms with Crippen molar-refractivity contribution < 1.29 is 28.6 Å². The van der Waals surface area contributed by atoms with Crippen molar-refractivity contribution in [1.82, 2.24) is 9.78 Å². The highest BCUT2D eigenvalue weighted by molar-refractivity contribution is 6.09. The molecule has 0 atom stereocenters. The number of carbonyl (C=O) groups excluding carboxylic acids is 2. The predicted octanol–water partition coefficient (Wildman–Crippen LogP) is 3.36. The Morgan fingerprint density at radius 3 is 2.42 bits per heavy atom. The summed E-state index contributed by atoms with van der Waals surface area (Å²) in [5.74, 6) is -1.98. The number of carbonyl (C=O) groups is 3. The summed E-state index contributed by atoms with van der Waals surface area (Å²) in [6.45, 7) is 1.30. The van der Waals surface area contributed by atoms with E-state index in [0.717, 1.165) is 18.5 Å². The molecule has 3 aromatic rings. The molecule has 3 aliphatic heterocycles. The van der Waals surface area contributed by atoms with Gasteiger partial charge in [0.25, 0.3) is 5.91 Å². The molecule has 2 amide bonds. The van der Waals surface area contributed by atoms with E-state index >= 15 is 0 Å². The maximum atomic E-state index is 14.7. The van der Waals surface area contributed by atoms with E-state index in [1.807, 2.05) is 12.1 Å². The molecule has 0 unspecified atom stereocenters. The number of ether oxygens (including phenoxy) is 1. The van der Waals surface area contributed by atoms with Gasteiger partial charge in [-0.25, -0.2) is 13.9 Å². The Morgan fingerprint density at radius 1 is 0.944 bits per heavy atom. The summed E-state index contributed by atoms with van der Waals surface area (Å²) in [5.41, 5.74) is 2.54. The van der Waals surface area contributed by atoms with Crippen LogP contribution < -0.4 is 14.5 Å². The van der Waals surface area contributed by atoms with Crippen molar-refractivity contribution in [2.75, 3.05) is 29.5 Å². The van der Waals surface area contributed by atoms with Gasteiger partial charge in [0.05, 0.1) is 12.3 Å². The molecule has 1 N–H and O–H groups in total. The molecule has 1 aromatic heterocycles. The van der Waals surface area contributed by atoms with Gasteiger partial charge in [-0.2, -0.15) is 5.10 Å². The molecule has 10 heteroatoms. The number of hydrogen-bond acceptors (Lipinski definition) is 5. The van der Waals surface area contributed by atoms with E-state index in [9.17, 15) is 23.9 Å². The van der Waals surface area contributed by atoms with Gasteiger partial charge < -0.3 is 19.6 Å². The topological polar surface area (TPSA) is 105 Å². The Morgan fingerprint density at radius 2 is 1.69 bits per heavy atom. The van der Waals surface area contributed by atoms with Crippen LogP contribution in [0.4, 0.5) is 15.8 Å². The number of fused-ring (bicyclic) bond motifs is 2. The fraction of sp³-hybridized carbons (Fsp3) is 0.308. The molecule has 184 valence electrons. The number of nitrogens with zero attached hydrogens (tertiary/aromatic N) is 4. The first-order chi connectivity index (χ1) is 17.4. The number of carboxylic acids is 1. The highest BCUT2D eigenvalue weighted by atomic mass is 19.1. The van der Waals surface area contributed by atoms with Crippen LogP contribution in [0.25, 0.3) is 5.69 Å². The molecule has 0 saturated carbocycles. The second kappa shape index (κ2) is 8.47. The van der Waals surface area contributed by atoms with E-state index in [2.05, 4.69) is 5.10 Å². The van der Waals surface area contributed by atoms with Crippen molar-refractivity contribution in [3.8, 4) is 11.4 Å². The van der Waals surface area contributed by atoms with E-state index in [1.165, 1.54) is 10.7 Å². The number of benzene rings is 2. The summed E-state index contributed by atoms with van der Waals surface area (Å²) < 4.78 is 21.3. The van der Waals surface area contributed by atoms with Gasteiger partial charge in [-0.05, 0) is 49.6 Å². The molecule has 0 aliphatic carbocycles. The summed E-state index contributed by atoms with van der Waals surface area (Å²) >= 11 is 0. The minimum absolute atomic E-state index is 0.0878. The maximum Gasteiger partial charge on any atom is 0.356 e. The number of carboxylic acid groups (broad SMARTS) is 1. The molecule has 0 spiro atoms. The standard InChI is InChI=1S/C26H23FN4O5/c27-20-14-18(13-15-9-12-36-24(15)20)31-23-19(22(28-31)26(34)35)8-11-30(25(23)33)17-6-4-16(5-7-17)29-10-2-1-3-21(29)32/h4-7,13-14H,1-3,8-12H2,(H,34,35). The zero-order valence-corrected chi connectivity index (χ0v) is 19.4. The highest BCUT2D eigenvalue weighted by Crippen LogP contribution is 2.34. The van der Waals surface area contributed by atoms with Crippen LogP contribution in [0.5, 0.6) is 5.75 Å². The van der Waals surface area contributed by atoms with Crippen LogP contribution >= 0.6 is 0 Å². The third-order valence-electron chi connectivity index (χ3n) is 6.98. The zero-order chi connectivity index (χ0) is 25.0. The highest BCUT2D eigenvalue weighted by Gasteiger charge is 2.35. The van der Waals surface area contributed by atoms with Crippen molar-refractivity contribution in [3.05, 3.63) is 64.7 Å². The lowest BCUT2D eigenvalue weighted by molar-refractivity contribution is -0.119. The zero-order valence-electron chi connectivity index (χ0n) is 19.4. The van der Waals surface area contributed by atoms with E-state index in [4.69, 9.17) is 4.74 Å². The normalized spacial score (nSPS) is 17.1. The van der Waals surface area contributed by atoms with Gasteiger partial charge in [0.15, 0.2) is 17.3 Å². The number of anilines is 2. The first-order valence-corrected chi connectivity index (χ1v) is 12.0. The van der Waals surface area contributed by atoms with Gasteiger partial charge in [-0.3, -0.25) is 9.59 Å². The summed E-state index contributed by atoms with van der Waals surface area (Å²) in [7, 11) is 0. The smallest absolute Gasteiger partial charge is 0.356 e. The average molecular weight is 490 g/mol. The van der Waals surface area contributed by atoms with E-state index in [1.54, 1.807) is 28.0 Å². The van der Waals surface area contributed by atoms with E-state index in [-0.39, 0.29) is 41.7 Å². The third-order valence-corrected chi connectivity index (χ3v) is 6.98. The third kappa shape index (κ3) is 3.52. The number of piperidine rings is 1. The average Bonchev–Trinajstić information content (AvgIpc) is 3.51. The largest absolute Gasteiger partial charge is 0.490 e. The van der Waals surface area contributed by atoms with Crippen LogP contribution in [0, 0.1) is 5.82 Å². The second-order valence-corrected chi connectivity index (χ2v) is 9.13. The number of amides is 2. The van der Waals surface area contributed by atoms with Crippen molar-refractivity contribution in [3.63, 3.8) is 0 Å². The van der Waals surface area contributed by atoms with E-state index in [0.29, 0.717) is 42.8 Å². The Kier molecular flexibility index (Phi) is 5.24. The molecule has 3 aliphatic rings. The fourth-order valence-electron chi connectivity index (χ4n) is 5.22. The molecule has 6 rings (SSSR count). The molecule has 1 saturated heterocycles. The molecule has 36 heavy (non-hydrogen) atoms. The lowest BCUT2D eigenvalue weighted by Crippen LogP contribution is -2.39. The van der Waals surface area contributed by atoms with E-state index < -0.39 is 17.7 Å². The molecule has 4 heterocycles. The minimum atomic E-state index is -1.24. The van der Waals surface area contributed by atoms with Crippen LogP contribution in [0.2, 0.25) is 0 Å². The Labute approximate surface area is 205 Å². The van der Waals surface area contributed by atoms with Gasteiger partial charge in [0, 0.05) is 54.5 Å². The lowest BCUT2D eigenvalue weighted by atomic mass is 10.0. The van der Waals surface area contributed by atoms with Gasteiger partial charge in [-0.15, -0.1) is 0 Å². The molecule has 0 bridgehead atoms. The SMILES string of the molecule is O=C(O)c1nn(-c2cc(F)c3c(c2)CCO3)c2c1CCN(c1ccc(N3CCCCC3=O)cc1)C2=O. The number of aromatic nitrogens is 2. The first kappa shape index (κ1) is 22.3. The number of rotatable bonds is 4.